The molecule has 0 saturated heterocycles. The quantitative estimate of drug-likeness (QED) is 0.758. The lowest BCUT2D eigenvalue weighted by atomic mass is 9.69. The number of nitrogens with one attached hydrogen (secondary N) is 1. The van der Waals surface area contributed by atoms with E-state index >= 15 is 0 Å². The summed E-state index contributed by atoms with van der Waals surface area (Å²) in [4.78, 5) is 0. The Morgan fingerprint density at radius 1 is 0.840 bits per heavy atom. The number of hydrogen-bond donors (Lipinski definition) is 1. The van der Waals surface area contributed by atoms with Crippen LogP contribution in [0.5, 0.6) is 5.75 Å². The van der Waals surface area contributed by atoms with Gasteiger partial charge in [-0.15, -0.1) is 0 Å². The van der Waals surface area contributed by atoms with Crippen LogP contribution in [0.2, 0.25) is 0 Å². The topological polar surface area (TPSA) is 21.3 Å². The molecule has 0 bridgehead atoms. The fraction of sp³-hybridized carbons (Fsp3) is 0.217. The summed E-state index contributed by atoms with van der Waals surface area (Å²) in [5, 5.41) is 3.27. The molecule has 0 fully saturated rings. The van der Waals surface area contributed by atoms with Crippen molar-refractivity contribution < 1.29 is 4.74 Å². The van der Waals surface area contributed by atoms with Gasteiger partial charge in [0.15, 0.2) is 0 Å². The van der Waals surface area contributed by atoms with E-state index in [1.165, 1.54) is 22.3 Å². The van der Waals surface area contributed by atoms with Gasteiger partial charge >= 0.3 is 0 Å². The summed E-state index contributed by atoms with van der Waals surface area (Å²) in [6.07, 6.45) is 1.00. The fourth-order valence-corrected chi connectivity index (χ4v) is 3.96. The first-order chi connectivity index (χ1) is 12.4. The minimum absolute atomic E-state index is 0.248. The highest BCUT2D eigenvalue weighted by Crippen LogP contribution is 2.48. The van der Waals surface area contributed by atoms with Crippen LogP contribution >= 0.6 is 0 Å². The summed E-state index contributed by atoms with van der Waals surface area (Å²) < 4.78 is 6.17. The predicted octanol–water partition coefficient (Wildman–Crippen LogP) is 4.18. The zero-order valence-corrected chi connectivity index (χ0v) is 14.5. The van der Waals surface area contributed by atoms with Gasteiger partial charge < -0.3 is 10.1 Å². The van der Waals surface area contributed by atoms with Crippen molar-refractivity contribution >= 4 is 0 Å². The molecule has 0 aromatic heterocycles. The zero-order valence-electron chi connectivity index (χ0n) is 14.5. The Bertz CT molecular complexity index is 859. The van der Waals surface area contributed by atoms with Gasteiger partial charge in [0.1, 0.15) is 12.4 Å². The Hall–Kier alpha value is -2.58. The first-order valence-electron chi connectivity index (χ1n) is 8.87. The van der Waals surface area contributed by atoms with Crippen LogP contribution in [0.3, 0.4) is 0 Å². The molecule has 0 aliphatic carbocycles. The van der Waals surface area contributed by atoms with Crippen molar-refractivity contribution in [3.63, 3.8) is 0 Å². The lowest BCUT2D eigenvalue weighted by molar-refractivity contribution is 0.312. The molecule has 1 unspecified atom stereocenters. The molecule has 0 saturated carbocycles. The fourth-order valence-electron chi connectivity index (χ4n) is 3.96. The number of fused-ring (bicyclic) bond motifs is 1. The Morgan fingerprint density at radius 3 is 2.32 bits per heavy atom. The van der Waals surface area contributed by atoms with Gasteiger partial charge in [0.2, 0.25) is 0 Å². The summed E-state index contributed by atoms with van der Waals surface area (Å²) in [5.74, 6) is 0.995. The molecule has 0 radical (unpaired) electrons. The van der Waals surface area contributed by atoms with Crippen molar-refractivity contribution in [2.45, 2.75) is 11.8 Å². The summed E-state index contributed by atoms with van der Waals surface area (Å²) in [5.41, 5.74) is 5.03. The molecule has 1 N–H and O–H groups in total. The first-order valence-corrected chi connectivity index (χ1v) is 8.87. The monoisotopic (exact) mass is 329 g/mol. The van der Waals surface area contributed by atoms with Crippen LogP contribution < -0.4 is 10.1 Å². The normalized spacial score (nSPS) is 18.6. The number of hydrogen-bond acceptors (Lipinski definition) is 2. The molecule has 1 atom stereocenters. The van der Waals surface area contributed by atoms with Gasteiger partial charge in [-0.25, -0.2) is 0 Å². The SMILES string of the molecule is CNCCc1ccccc1C1(c2ccccc2)COc2ccccc21. The predicted molar refractivity (Wildman–Crippen MR) is 102 cm³/mol. The molecular weight excluding hydrogens is 306 g/mol. The van der Waals surface area contributed by atoms with Crippen molar-refractivity contribution in [3.05, 3.63) is 101 Å². The van der Waals surface area contributed by atoms with E-state index in [2.05, 4.69) is 78.1 Å². The maximum Gasteiger partial charge on any atom is 0.123 e. The maximum absolute atomic E-state index is 6.17. The van der Waals surface area contributed by atoms with Gasteiger partial charge in [-0.3, -0.25) is 0 Å². The lowest BCUT2D eigenvalue weighted by Crippen LogP contribution is -2.32. The largest absolute Gasteiger partial charge is 0.492 e. The standard InChI is InChI=1S/C23H23NO/c1-24-16-15-18-9-5-6-12-20(18)23(19-10-3-2-4-11-19)17-25-22-14-8-7-13-21(22)23/h2-14,24H,15-17H2,1H3. The second-order valence-corrected chi connectivity index (χ2v) is 6.57. The number of rotatable bonds is 5. The molecule has 0 spiro atoms. The highest BCUT2D eigenvalue weighted by atomic mass is 16.5. The molecule has 3 aromatic rings. The Kier molecular flexibility index (Phi) is 4.29. The summed E-state index contributed by atoms with van der Waals surface area (Å²) >= 11 is 0. The summed E-state index contributed by atoms with van der Waals surface area (Å²) in [6.45, 7) is 1.61. The van der Waals surface area contributed by atoms with E-state index in [1.807, 2.05) is 13.1 Å². The van der Waals surface area contributed by atoms with Crippen LogP contribution in [0.1, 0.15) is 22.3 Å². The molecule has 1 heterocycles. The van der Waals surface area contributed by atoms with Crippen LogP contribution in [0, 0.1) is 0 Å². The van der Waals surface area contributed by atoms with Crippen molar-refractivity contribution in [2.75, 3.05) is 20.2 Å². The Balaban J connectivity index is 1.96. The van der Waals surface area contributed by atoms with E-state index in [0.29, 0.717) is 6.61 Å². The van der Waals surface area contributed by atoms with Crippen LogP contribution in [0.25, 0.3) is 0 Å². The van der Waals surface area contributed by atoms with E-state index in [0.717, 1.165) is 18.7 Å². The molecule has 2 nitrogen and oxygen atoms in total. The number of likely N-dealkylation sites (N-methyl/N-ethyl adjacent to an activating group) is 1. The maximum atomic E-state index is 6.17. The first kappa shape index (κ1) is 15.9. The van der Waals surface area contributed by atoms with E-state index in [-0.39, 0.29) is 5.41 Å². The summed E-state index contributed by atoms with van der Waals surface area (Å²) in [7, 11) is 2.00. The number of ether oxygens (including phenoxy) is 1. The van der Waals surface area contributed by atoms with Crippen molar-refractivity contribution in [2.24, 2.45) is 0 Å². The molecule has 126 valence electrons. The van der Waals surface area contributed by atoms with E-state index in [4.69, 9.17) is 4.74 Å². The highest BCUT2D eigenvalue weighted by Gasteiger charge is 2.44. The van der Waals surface area contributed by atoms with Gasteiger partial charge in [0, 0.05) is 5.56 Å². The van der Waals surface area contributed by atoms with E-state index in [9.17, 15) is 0 Å². The van der Waals surface area contributed by atoms with Crippen LogP contribution in [-0.4, -0.2) is 20.2 Å². The van der Waals surface area contributed by atoms with E-state index < -0.39 is 0 Å². The van der Waals surface area contributed by atoms with Crippen molar-refractivity contribution in [3.8, 4) is 5.75 Å². The van der Waals surface area contributed by atoms with Crippen LogP contribution in [-0.2, 0) is 11.8 Å². The second-order valence-electron chi connectivity index (χ2n) is 6.57. The average Bonchev–Trinajstić information content (AvgIpc) is 3.08. The average molecular weight is 329 g/mol. The molecule has 1 aliphatic heterocycles. The van der Waals surface area contributed by atoms with Gasteiger partial charge in [-0.2, -0.15) is 0 Å². The van der Waals surface area contributed by atoms with Gasteiger partial charge in [0.05, 0.1) is 5.41 Å². The Morgan fingerprint density at radius 2 is 1.52 bits per heavy atom. The Labute approximate surface area is 149 Å². The molecule has 4 rings (SSSR count). The lowest BCUT2D eigenvalue weighted by Gasteiger charge is -2.31. The molecule has 0 amide bonds. The second kappa shape index (κ2) is 6.73. The van der Waals surface area contributed by atoms with E-state index in [1.54, 1.807) is 0 Å². The number of para-hydroxylation sites is 1. The van der Waals surface area contributed by atoms with Crippen LogP contribution in [0.4, 0.5) is 0 Å². The van der Waals surface area contributed by atoms with Gasteiger partial charge in [0.25, 0.3) is 0 Å². The highest BCUT2D eigenvalue weighted by molar-refractivity contribution is 5.60. The molecular formula is C23H23NO. The third kappa shape index (κ3) is 2.63. The smallest absolute Gasteiger partial charge is 0.123 e. The van der Waals surface area contributed by atoms with Crippen LogP contribution in [0.15, 0.2) is 78.9 Å². The third-order valence-electron chi connectivity index (χ3n) is 5.18. The molecule has 25 heavy (non-hydrogen) atoms. The van der Waals surface area contributed by atoms with Crippen molar-refractivity contribution in [1.29, 1.82) is 0 Å². The molecule has 3 aromatic carbocycles. The van der Waals surface area contributed by atoms with Gasteiger partial charge in [-0.1, -0.05) is 72.8 Å². The van der Waals surface area contributed by atoms with Crippen molar-refractivity contribution in [1.82, 2.24) is 5.32 Å². The number of benzene rings is 3. The van der Waals surface area contributed by atoms with Gasteiger partial charge in [-0.05, 0) is 42.8 Å². The third-order valence-corrected chi connectivity index (χ3v) is 5.18. The molecule has 1 aliphatic rings. The summed E-state index contributed by atoms with van der Waals surface area (Å²) in [6, 6.07) is 28.0. The zero-order chi connectivity index (χ0) is 17.1. The minimum Gasteiger partial charge on any atom is -0.492 e. The minimum atomic E-state index is -0.248. The molecule has 2 heteroatoms.